The van der Waals surface area contributed by atoms with Crippen molar-refractivity contribution in [2.24, 2.45) is 0 Å². The highest BCUT2D eigenvalue weighted by atomic mass is 32.2. The van der Waals surface area contributed by atoms with Crippen LogP contribution in [0.3, 0.4) is 0 Å². The molecule has 0 bridgehead atoms. The van der Waals surface area contributed by atoms with Crippen LogP contribution in [0.15, 0.2) is 42.5 Å². The van der Waals surface area contributed by atoms with Crippen LogP contribution in [-0.4, -0.2) is 85.4 Å². The lowest BCUT2D eigenvalue weighted by molar-refractivity contribution is 0.00997. The number of hydrogen-bond donors (Lipinski definition) is 2. The summed E-state index contributed by atoms with van der Waals surface area (Å²) in [5, 5.41) is 11.6. The minimum atomic E-state index is -0.268. The van der Waals surface area contributed by atoms with Crippen molar-refractivity contribution >= 4 is 23.7 Å². The van der Waals surface area contributed by atoms with Gasteiger partial charge in [0.15, 0.2) is 0 Å². The fraction of sp³-hybridized carbons (Fsp3) is 0.536. The molecule has 2 aliphatic heterocycles. The molecule has 0 saturated carbocycles. The summed E-state index contributed by atoms with van der Waals surface area (Å²) < 4.78 is 32.1. The number of aliphatic hydroxyl groups excluding tert-OH is 1. The largest absolute Gasteiger partial charge is 0.394 e. The van der Waals surface area contributed by atoms with Gasteiger partial charge >= 0.3 is 6.03 Å². The van der Waals surface area contributed by atoms with Gasteiger partial charge in [-0.2, -0.15) is 0 Å². The van der Waals surface area contributed by atoms with Gasteiger partial charge in [-0.1, -0.05) is 30.1 Å². The molecule has 1 fully saturated rings. The number of rotatable bonds is 14. The summed E-state index contributed by atoms with van der Waals surface area (Å²) in [5.74, 6) is 1.18. The molecule has 38 heavy (non-hydrogen) atoms. The molecule has 2 N–H and O–H groups in total. The maximum absolute atomic E-state index is 13.5. The summed E-state index contributed by atoms with van der Waals surface area (Å²) in [6.07, 6.45) is 2.21. The second kappa shape index (κ2) is 15.4. The average molecular weight is 548 g/mol. The van der Waals surface area contributed by atoms with Crippen molar-refractivity contribution in [3.63, 3.8) is 0 Å². The Labute approximate surface area is 228 Å². The van der Waals surface area contributed by atoms with Crippen LogP contribution in [0, 0.1) is 5.82 Å². The van der Waals surface area contributed by atoms with Crippen molar-refractivity contribution in [1.82, 2.24) is 9.21 Å². The molecule has 0 aromatic heterocycles. The predicted octanol–water partition coefficient (Wildman–Crippen LogP) is 4.24. The van der Waals surface area contributed by atoms with Crippen LogP contribution in [0.1, 0.15) is 35.4 Å². The lowest BCUT2D eigenvalue weighted by Gasteiger charge is -2.31. The molecular formula is C28H38FN3O5S. The zero-order valence-electron chi connectivity index (χ0n) is 21.8. The SMILES string of the molecule is O=C(Nc1ccc(C2CCN(SCCOCCOCCOCCO)CC2)cc1)N1Cc2ccc(F)cc2C1. The number of anilines is 1. The number of ether oxygens (including phenoxy) is 3. The van der Waals surface area contributed by atoms with E-state index in [0.29, 0.717) is 58.6 Å². The van der Waals surface area contributed by atoms with Crippen LogP contribution in [0.4, 0.5) is 14.9 Å². The van der Waals surface area contributed by atoms with Gasteiger partial charge in [0.05, 0.1) is 46.2 Å². The first-order valence-electron chi connectivity index (χ1n) is 13.3. The number of halogens is 1. The van der Waals surface area contributed by atoms with E-state index >= 15 is 0 Å². The third-order valence-electron chi connectivity index (χ3n) is 6.75. The Hall–Kier alpha value is -2.21. The minimum Gasteiger partial charge on any atom is -0.394 e. The summed E-state index contributed by atoms with van der Waals surface area (Å²) in [4.78, 5) is 14.4. The van der Waals surface area contributed by atoms with E-state index in [2.05, 4.69) is 21.8 Å². The van der Waals surface area contributed by atoms with E-state index in [0.717, 1.165) is 48.5 Å². The van der Waals surface area contributed by atoms with Crippen molar-refractivity contribution in [1.29, 1.82) is 0 Å². The summed E-state index contributed by atoms with van der Waals surface area (Å²) in [6.45, 7) is 6.22. The topological polar surface area (TPSA) is 83.5 Å². The summed E-state index contributed by atoms with van der Waals surface area (Å²) in [6, 6.07) is 12.7. The van der Waals surface area contributed by atoms with Gasteiger partial charge in [0.2, 0.25) is 0 Å². The maximum Gasteiger partial charge on any atom is 0.322 e. The zero-order valence-corrected chi connectivity index (χ0v) is 22.6. The number of piperidine rings is 1. The molecule has 2 aromatic carbocycles. The minimum absolute atomic E-state index is 0.0359. The van der Waals surface area contributed by atoms with Crippen molar-refractivity contribution < 1.29 is 28.5 Å². The molecule has 2 amide bonds. The number of carbonyl (C=O) groups is 1. The molecule has 0 radical (unpaired) electrons. The normalized spacial score (nSPS) is 16.1. The molecule has 0 unspecified atom stereocenters. The molecule has 2 aliphatic rings. The van der Waals surface area contributed by atoms with Gasteiger partial charge in [-0.05, 0) is 59.7 Å². The van der Waals surface area contributed by atoms with Crippen LogP contribution < -0.4 is 5.32 Å². The Kier molecular flexibility index (Phi) is 11.7. The number of nitrogens with one attached hydrogen (secondary N) is 1. The van der Waals surface area contributed by atoms with E-state index in [-0.39, 0.29) is 18.5 Å². The number of urea groups is 1. The van der Waals surface area contributed by atoms with Gasteiger partial charge in [-0.15, -0.1) is 0 Å². The molecule has 8 nitrogen and oxygen atoms in total. The number of aliphatic hydroxyl groups is 1. The quantitative estimate of drug-likeness (QED) is 0.270. The monoisotopic (exact) mass is 547 g/mol. The van der Waals surface area contributed by atoms with E-state index in [9.17, 15) is 9.18 Å². The molecule has 0 spiro atoms. The lowest BCUT2D eigenvalue weighted by Crippen LogP contribution is -2.30. The van der Waals surface area contributed by atoms with E-state index < -0.39 is 0 Å². The Balaban J connectivity index is 1.07. The fourth-order valence-electron chi connectivity index (χ4n) is 4.70. The number of nitrogens with zero attached hydrogens (tertiary/aromatic N) is 2. The van der Waals surface area contributed by atoms with Crippen molar-refractivity contribution in [3.8, 4) is 0 Å². The molecule has 0 atom stereocenters. The van der Waals surface area contributed by atoms with Crippen LogP contribution in [0.5, 0.6) is 0 Å². The third-order valence-corrected chi connectivity index (χ3v) is 7.83. The van der Waals surface area contributed by atoms with Gasteiger partial charge in [0.25, 0.3) is 0 Å². The van der Waals surface area contributed by atoms with E-state index in [1.165, 1.54) is 17.7 Å². The number of amides is 2. The second-order valence-electron chi connectivity index (χ2n) is 9.42. The molecule has 2 aromatic rings. The average Bonchev–Trinajstić information content (AvgIpc) is 3.36. The number of benzene rings is 2. The first-order chi connectivity index (χ1) is 18.6. The summed E-state index contributed by atoms with van der Waals surface area (Å²) in [7, 11) is 0. The van der Waals surface area contributed by atoms with E-state index in [1.807, 2.05) is 24.1 Å². The van der Waals surface area contributed by atoms with Crippen molar-refractivity contribution in [2.45, 2.75) is 31.8 Å². The number of hydrogen-bond acceptors (Lipinski definition) is 7. The van der Waals surface area contributed by atoms with Gasteiger partial charge in [0.1, 0.15) is 5.82 Å². The first-order valence-corrected chi connectivity index (χ1v) is 14.2. The van der Waals surface area contributed by atoms with Crippen LogP contribution in [-0.2, 0) is 27.3 Å². The Morgan fingerprint density at radius 1 is 0.921 bits per heavy atom. The van der Waals surface area contributed by atoms with Gasteiger partial charge < -0.3 is 29.5 Å². The van der Waals surface area contributed by atoms with Crippen LogP contribution in [0.2, 0.25) is 0 Å². The summed E-state index contributed by atoms with van der Waals surface area (Å²) in [5.41, 5.74) is 3.95. The van der Waals surface area contributed by atoms with Gasteiger partial charge in [-0.3, -0.25) is 4.31 Å². The Bertz CT molecular complexity index is 1000. The molecule has 2 heterocycles. The standard InChI is InChI=1S/C28H38FN3O5S/c29-26-4-1-24-20-31(21-25(24)19-26)28(34)30-27-5-2-22(3-6-27)23-7-9-32(10-8-23)38-18-17-37-16-15-36-14-13-35-12-11-33/h1-6,19,23,33H,7-18,20-21H2,(H,30,34). The van der Waals surface area contributed by atoms with Crippen molar-refractivity contribution in [2.75, 3.05) is 70.4 Å². The number of carbonyl (C=O) groups excluding carboxylic acids is 1. The van der Waals surface area contributed by atoms with E-state index in [1.54, 1.807) is 11.0 Å². The highest BCUT2D eigenvalue weighted by molar-refractivity contribution is 7.97. The summed E-state index contributed by atoms with van der Waals surface area (Å²) >= 11 is 1.84. The lowest BCUT2D eigenvalue weighted by atomic mass is 9.90. The maximum atomic E-state index is 13.5. The smallest absolute Gasteiger partial charge is 0.322 e. The van der Waals surface area contributed by atoms with Crippen LogP contribution in [0.25, 0.3) is 0 Å². The zero-order chi connectivity index (χ0) is 26.6. The van der Waals surface area contributed by atoms with E-state index in [4.69, 9.17) is 19.3 Å². The van der Waals surface area contributed by atoms with Crippen molar-refractivity contribution in [3.05, 3.63) is 65.0 Å². The molecule has 4 rings (SSSR count). The van der Waals surface area contributed by atoms with Crippen LogP contribution >= 0.6 is 11.9 Å². The predicted molar refractivity (Wildman–Crippen MR) is 147 cm³/mol. The Morgan fingerprint density at radius 2 is 1.58 bits per heavy atom. The Morgan fingerprint density at radius 3 is 2.29 bits per heavy atom. The molecular weight excluding hydrogens is 509 g/mol. The third kappa shape index (κ3) is 8.93. The second-order valence-corrected chi connectivity index (χ2v) is 10.6. The molecule has 1 saturated heterocycles. The van der Waals surface area contributed by atoms with Gasteiger partial charge in [-0.25, -0.2) is 9.18 Å². The van der Waals surface area contributed by atoms with Gasteiger partial charge in [0, 0.05) is 37.6 Å². The number of fused-ring (bicyclic) bond motifs is 1. The first kappa shape index (κ1) is 28.8. The molecule has 0 aliphatic carbocycles. The molecule has 208 valence electrons. The molecule has 10 heteroatoms. The fourth-order valence-corrected chi connectivity index (χ4v) is 5.62. The highest BCUT2D eigenvalue weighted by Gasteiger charge is 2.24. The highest BCUT2D eigenvalue weighted by Crippen LogP contribution is 2.31.